The van der Waals surface area contributed by atoms with Crippen molar-refractivity contribution in [3.63, 3.8) is 0 Å². The third-order valence-electron chi connectivity index (χ3n) is 1.48. The Bertz CT molecular complexity index is 333. The molecule has 0 aromatic carbocycles. The Morgan fingerprint density at radius 3 is 2.93 bits per heavy atom. The van der Waals surface area contributed by atoms with Gasteiger partial charge < -0.3 is 9.47 Å². The fourth-order valence-electron chi connectivity index (χ4n) is 0.852. The smallest absolute Gasteiger partial charge is 0.358 e. The molecule has 1 aromatic rings. The maximum absolute atomic E-state index is 11.3. The van der Waals surface area contributed by atoms with Crippen LogP contribution in [0.3, 0.4) is 0 Å². The summed E-state index contributed by atoms with van der Waals surface area (Å²) in [6, 6.07) is 0. The second-order valence-electron chi connectivity index (χ2n) is 2.56. The Morgan fingerprint density at radius 1 is 1.47 bits per heavy atom. The first-order valence-corrected chi connectivity index (χ1v) is 4.84. The second-order valence-corrected chi connectivity index (χ2v) is 2.95. The van der Waals surface area contributed by atoms with E-state index in [0.717, 1.165) is 0 Å². The van der Waals surface area contributed by atoms with Crippen molar-refractivity contribution in [1.29, 1.82) is 0 Å². The summed E-state index contributed by atoms with van der Waals surface area (Å²) in [6.07, 6.45) is 2.65. The van der Waals surface area contributed by atoms with E-state index in [1.54, 1.807) is 0 Å². The summed E-state index contributed by atoms with van der Waals surface area (Å²) in [5.41, 5.74) is 0.0963. The van der Waals surface area contributed by atoms with Crippen molar-refractivity contribution in [3.8, 4) is 0 Å². The number of ether oxygens (including phenoxy) is 2. The molecule has 0 spiro atoms. The van der Waals surface area contributed by atoms with Gasteiger partial charge in [-0.15, -0.1) is 0 Å². The lowest BCUT2D eigenvalue weighted by atomic mass is 10.4. The van der Waals surface area contributed by atoms with Gasteiger partial charge in [-0.2, -0.15) is 0 Å². The van der Waals surface area contributed by atoms with E-state index in [-0.39, 0.29) is 17.5 Å². The molecule has 0 saturated heterocycles. The highest BCUT2D eigenvalue weighted by atomic mass is 35.5. The van der Waals surface area contributed by atoms with Gasteiger partial charge in [0.1, 0.15) is 11.8 Å². The van der Waals surface area contributed by atoms with Gasteiger partial charge in [0.2, 0.25) is 0 Å². The van der Waals surface area contributed by atoms with E-state index in [1.807, 2.05) is 6.92 Å². The van der Waals surface area contributed by atoms with Crippen LogP contribution in [0.4, 0.5) is 0 Å². The van der Waals surface area contributed by atoms with Crippen LogP contribution >= 0.6 is 11.6 Å². The summed E-state index contributed by atoms with van der Waals surface area (Å²) >= 11 is 5.57. The zero-order valence-corrected chi connectivity index (χ0v) is 9.03. The minimum atomic E-state index is -0.551. The average molecular weight is 231 g/mol. The number of hydrogen-bond acceptors (Lipinski definition) is 5. The maximum atomic E-state index is 11.3. The summed E-state index contributed by atoms with van der Waals surface area (Å²) in [6.45, 7) is 3.02. The van der Waals surface area contributed by atoms with Crippen LogP contribution in [0.2, 0.25) is 5.15 Å². The van der Waals surface area contributed by atoms with Gasteiger partial charge in [-0.1, -0.05) is 11.6 Å². The molecule has 0 aliphatic heterocycles. The minimum absolute atomic E-state index is 0.0963. The monoisotopic (exact) mass is 230 g/mol. The Kier molecular flexibility index (Phi) is 5.00. The lowest BCUT2D eigenvalue weighted by molar-refractivity contribution is 0.0329. The first-order chi connectivity index (χ1) is 7.24. The van der Waals surface area contributed by atoms with Gasteiger partial charge in [0.05, 0.1) is 19.0 Å². The summed E-state index contributed by atoms with van der Waals surface area (Å²) in [5, 5.41) is 0.161. The number of carbonyl (C=O) groups is 1. The summed E-state index contributed by atoms with van der Waals surface area (Å²) in [5.74, 6) is -0.551. The third-order valence-corrected chi connectivity index (χ3v) is 1.66. The van der Waals surface area contributed by atoms with Gasteiger partial charge in [0, 0.05) is 6.61 Å². The molecule has 82 valence electrons. The first kappa shape index (κ1) is 11.9. The van der Waals surface area contributed by atoms with Gasteiger partial charge >= 0.3 is 5.97 Å². The van der Waals surface area contributed by atoms with Gasteiger partial charge in [0.15, 0.2) is 5.69 Å². The number of halogens is 1. The highest BCUT2D eigenvalue weighted by Crippen LogP contribution is 2.03. The van der Waals surface area contributed by atoms with Crippen molar-refractivity contribution < 1.29 is 14.3 Å². The Morgan fingerprint density at radius 2 is 2.27 bits per heavy atom. The molecule has 1 aromatic heterocycles. The Balaban J connectivity index is 2.40. The molecule has 0 atom stereocenters. The van der Waals surface area contributed by atoms with Crippen LogP contribution < -0.4 is 0 Å². The standard InChI is InChI=1S/C9H11ClN2O3/c1-2-14-3-4-15-9(13)7-5-11-6-8(10)12-7/h5-6H,2-4H2,1H3. The molecule has 5 nitrogen and oxygen atoms in total. The van der Waals surface area contributed by atoms with Crippen LogP contribution in [0.5, 0.6) is 0 Å². The molecule has 1 heterocycles. The Labute approximate surface area is 92.4 Å². The summed E-state index contributed by atoms with van der Waals surface area (Å²) in [7, 11) is 0. The lowest BCUT2D eigenvalue weighted by Gasteiger charge is -2.03. The van der Waals surface area contributed by atoms with Crippen molar-refractivity contribution in [2.45, 2.75) is 6.92 Å². The maximum Gasteiger partial charge on any atom is 0.358 e. The quantitative estimate of drug-likeness (QED) is 0.564. The predicted octanol–water partition coefficient (Wildman–Crippen LogP) is 1.32. The van der Waals surface area contributed by atoms with Crippen molar-refractivity contribution in [3.05, 3.63) is 23.2 Å². The molecule has 0 unspecified atom stereocenters. The Hall–Kier alpha value is -1.20. The number of carbonyl (C=O) groups excluding carboxylic acids is 1. The van der Waals surface area contributed by atoms with Crippen molar-refractivity contribution in [1.82, 2.24) is 9.97 Å². The third kappa shape index (κ3) is 4.22. The first-order valence-electron chi connectivity index (χ1n) is 4.46. The van der Waals surface area contributed by atoms with Crippen molar-refractivity contribution >= 4 is 17.6 Å². The lowest BCUT2D eigenvalue weighted by Crippen LogP contribution is -2.12. The van der Waals surface area contributed by atoms with Crippen LogP contribution in [0.25, 0.3) is 0 Å². The second kappa shape index (κ2) is 6.31. The number of esters is 1. The van der Waals surface area contributed by atoms with Crippen LogP contribution in [0.1, 0.15) is 17.4 Å². The van der Waals surface area contributed by atoms with Crippen molar-refractivity contribution in [2.75, 3.05) is 19.8 Å². The summed E-state index contributed by atoms with van der Waals surface area (Å²) in [4.78, 5) is 18.8. The molecule has 0 radical (unpaired) electrons. The van der Waals surface area contributed by atoms with Crippen LogP contribution in [0, 0.1) is 0 Å². The molecule has 0 fully saturated rings. The number of rotatable bonds is 5. The van der Waals surface area contributed by atoms with E-state index in [4.69, 9.17) is 21.1 Å². The summed E-state index contributed by atoms with van der Waals surface area (Å²) < 4.78 is 9.86. The van der Waals surface area contributed by atoms with E-state index in [1.165, 1.54) is 12.4 Å². The average Bonchev–Trinajstić information content (AvgIpc) is 2.24. The van der Waals surface area contributed by atoms with Crippen molar-refractivity contribution in [2.24, 2.45) is 0 Å². The molecule has 15 heavy (non-hydrogen) atoms. The molecule has 0 aliphatic carbocycles. The van der Waals surface area contributed by atoms with Gasteiger partial charge in [0.25, 0.3) is 0 Å². The topological polar surface area (TPSA) is 61.3 Å². The number of nitrogens with zero attached hydrogens (tertiary/aromatic N) is 2. The van der Waals surface area contributed by atoms with Crippen LogP contribution in [0.15, 0.2) is 12.4 Å². The predicted molar refractivity (Wildman–Crippen MR) is 53.8 cm³/mol. The SMILES string of the molecule is CCOCCOC(=O)c1cncc(Cl)n1. The van der Waals surface area contributed by atoms with E-state index in [9.17, 15) is 4.79 Å². The largest absolute Gasteiger partial charge is 0.458 e. The molecule has 1 rings (SSSR count). The molecular formula is C9H11ClN2O3. The number of aromatic nitrogens is 2. The van der Waals surface area contributed by atoms with Crippen LogP contribution in [-0.2, 0) is 9.47 Å². The molecule has 6 heteroatoms. The van der Waals surface area contributed by atoms with Gasteiger partial charge in [-0.3, -0.25) is 4.98 Å². The van der Waals surface area contributed by atoms with E-state index in [2.05, 4.69) is 9.97 Å². The fraction of sp³-hybridized carbons (Fsp3) is 0.444. The molecule has 0 saturated carbocycles. The highest BCUT2D eigenvalue weighted by Gasteiger charge is 2.09. The molecule has 0 amide bonds. The normalized spacial score (nSPS) is 10.0. The van der Waals surface area contributed by atoms with Gasteiger partial charge in [-0.25, -0.2) is 9.78 Å². The molecule has 0 aliphatic rings. The highest BCUT2D eigenvalue weighted by molar-refractivity contribution is 6.29. The number of hydrogen-bond donors (Lipinski definition) is 0. The van der Waals surface area contributed by atoms with E-state index >= 15 is 0 Å². The van der Waals surface area contributed by atoms with Crippen LogP contribution in [-0.4, -0.2) is 35.8 Å². The molecule has 0 bridgehead atoms. The fourth-order valence-corrected chi connectivity index (χ4v) is 0.999. The zero-order chi connectivity index (χ0) is 11.1. The zero-order valence-electron chi connectivity index (χ0n) is 8.27. The van der Waals surface area contributed by atoms with E-state index < -0.39 is 5.97 Å². The molecular weight excluding hydrogens is 220 g/mol. The van der Waals surface area contributed by atoms with E-state index in [0.29, 0.717) is 13.2 Å². The molecule has 0 N–H and O–H groups in total. The minimum Gasteiger partial charge on any atom is -0.458 e. The van der Waals surface area contributed by atoms with Gasteiger partial charge in [-0.05, 0) is 6.92 Å².